The summed E-state index contributed by atoms with van der Waals surface area (Å²) >= 11 is 0. The normalized spacial score (nSPS) is 17.6. The standard InChI is InChI=1S/C47H30N4/c1-4-13-31(14-5-1)44-40-28-27-36-37(41-29-26-33-25-24-32-15-12-30-48-45(32)46(33)49-41)20-10-21-38(36)43(40)39-22-11-23-42(47(39)50-44)51(34-16-6-2-7-17-34)35-18-8-3-9-19-35/h1-30H/i1D,2D,3D,4D,6D,7D,8D,9D,12D,13D,14D,16D,17D,18D,19D,21D,22D,23D,27D,28D,29D,30D. The van der Waals surface area contributed by atoms with Crippen LogP contribution in [0.15, 0.2) is 182 Å². The van der Waals surface area contributed by atoms with Gasteiger partial charge in [-0.05, 0) is 53.1 Å². The number of pyridine rings is 3. The summed E-state index contributed by atoms with van der Waals surface area (Å²) in [6, 6.07) is -4.63. The van der Waals surface area contributed by atoms with Gasteiger partial charge in [-0.3, -0.25) is 4.98 Å². The number of aromatic nitrogens is 3. The Morgan fingerprint density at radius 3 is 2.04 bits per heavy atom. The third kappa shape index (κ3) is 4.80. The highest BCUT2D eigenvalue weighted by molar-refractivity contribution is 6.25. The van der Waals surface area contributed by atoms with Crippen molar-refractivity contribution in [2.45, 2.75) is 0 Å². The van der Waals surface area contributed by atoms with E-state index in [4.69, 9.17) is 31.9 Å². The maximum atomic E-state index is 9.77. The van der Waals surface area contributed by atoms with Crippen molar-refractivity contribution in [2.24, 2.45) is 0 Å². The van der Waals surface area contributed by atoms with Crippen LogP contribution in [0.5, 0.6) is 0 Å². The van der Waals surface area contributed by atoms with Crippen molar-refractivity contribution in [3.63, 3.8) is 0 Å². The second-order valence-corrected chi connectivity index (χ2v) is 11.2. The van der Waals surface area contributed by atoms with Crippen LogP contribution in [0, 0.1) is 0 Å². The lowest BCUT2D eigenvalue weighted by atomic mass is 9.92. The molecule has 0 fully saturated rings. The van der Waals surface area contributed by atoms with Crippen molar-refractivity contribution in [2.75, 3.05) is 4.90 Å². The maximum Gasteiger partial charge on any atom is 0.0972 e. The van der Waals surface area contributed by atoms with Gasteiger partial charge in [-0.25, -0.2) is 9.97 Å². The highest BCUT2D eigenvalue weighted by atomic mass is 15.1. The molecule has 3 aromatic heterocycles. The Balaban J connectivity index is 1.48. The lowest BCUT2D eigenvalue weighted by Crippen LogP contribution is -2.11. The van der Waals surface area contributed by atoms with E-state index in [0.717, 1.165) is 12.1 Å². The molecule has 3 heterocycles. The number of rotatable bonds is 5. The van der Waals surface area contributed by atoms with Gasteiger partial charge >= 0.3 is 0 Å². The van der Waals surface area contributed by atoms with E-state index < -0.39 is 143 Å². The molecule has 0 aliphatic rings. The van der Waals surface area contributed by atoms with Gasteiger partial charge in [0.2, 0.25) is 0 Å². The molecule has 7 aromatic carbocycles. The number of benzene rings is 7. The van der Waals surface area contributed by atoms with Gasteiger partial charge in [-0.1, -0.05) is 133 Å². The monoisotopic (exact) mass is 672 g/mol. The van der Waals surface area contributed by atoms with Crippen LogP contribution < -0.4 is 4.90 Å². The molecular formula is C47H30N4. The summed E-state index contributed by atoms with van der Waals surface area (Å²) < 4.78 is 197. The molecular weight excluding hydrogens is 621 g/mol. The average molecular weight is 673 g/mol. The predicted molar refractivity (Wildman–Crippen MR) is 213 cm³/mol. The molecule has 0 aliphatic carbocycles. The number of anilines is 3. The average Bonchev–Trinajstić information content (AvgIpc) is 3.34. The third-order valence-corrected chi connectivity index (χ3v) is 8.35. The van der Waals surface area contributed by atoms with Crippen molar-refractivity contribution in [1.29, 1.82) is 0 Å². The van der Waals surface area contributed by atoms with Crippen molar-refractivity contribution >= 4 is 71.3 Å². The van der Waals surface area contributed by atoms with E-state index in [1.807, 2.05) is 0 Å². The number of hydrogen-bond acceptors (Lipinski definition) is 4. The molecule has 10 aromatic rings. The van der Waals surface area contributed by atoms with E-state index in [2.05, 4.69) is 4.98 Å². The molecule has 10 rings (SSSR count). The fourth-order valence-electron chi connectivity index (χ4n) is 6.17. The van der Waals surface area contributed by atoms with E-state index in [-0.39, 0.29) is 73.5 Å². The van der Waals surface area contributed by atoms with E-state index in [1.165, 1.54) is 24.3 Å². The summed E-state index contributed by atoms with van der Waals surface area (Å²) in [6.07, 6.45) is -0.350. The Hall–Kier alpha value is -6.91. The van der Waals surface area contributed by atoms with Crippen LogP contribution in [0.2, 0.25) is 0 Å². The lowest BCUT2D eigenvalue weighted by molar-refractivity contribution is 1.28. The van der Waals surface area contributed by atoms with Gasteiger partial charge in [0.05, 0.1) is 63.8 Å². The van der Waals surface area contributed by atoms with Crippen LogP contribution in [-0.4, -0.2) is 15.0 Å². The molecule has 0 bridgehead atoms. The van der Waals surface area contributed by atoms with Gasteiger partial charge in [0, 0.05) is 55.6 Å². The fraction of sp³-hybridized carbons (Fsp3) is 0. The second-order valence-electron chi connectivity index (χ2n) is 11.2. The Labute approximate surface area is 325 Å². The molecule has 238 valence electrons. The fourth-order valence-corrected chi connectivity index (χ4v) is 6.17. The van der Waals surface area contributed by atoms with Crippen LogP contribution in [0.25, 0.3) is 76.8 Å². The van der Waals surface area contributed by atoms with Gasteiger partial charge < -0.3 is 4.90 Å². The van der Waals surface area contributed by atoms with Gasteiger partial charge in [0.15, 0.2) is 0 Å². The van der Waals surface area contributed by atoms with Crippen molar-refractivity contribution in [1.82, 2.24) is 15.0 Å². The van der Waals surface area contributed by atoms with E-state index in [0.29, 0.717) is 15.7 Å². The van der Waals surface area contributed by atoms with Crippen molar-refractivity contribution < 1.29 is 30.2 Å². The molecule has 0 saturated heterocycles. The highest BCUT2D eigenvalue weighted by Crippen LogP contribution is 2.44. The Kier molecular flexibility index (Phi) is 3.39. The van der Waals surface area contributed by atoms with Crippen LogP contribution in [0.4, 0.5) is 17.1 Å². The SMILES string of the molecule is [2H]c1cc2ccc3cc([2H])c(-c4ccc([2H])c5c4c([2H])c([2H])c4c(-c6c([2H])cc([2H])c([2H])c6[2H])nc6c(N(c7c([2H])c([2H])c([2H])c([2H])c7[2H])c7c([2H])c([2H])c([2H])c([2H])c7[2H])c([2H])cc([2H])c6c45)nc3c2nc1[2H]. The first-order chi connectivity index (χ1) is 34.4. The summed E-state index contributed by atoms with van der Waals surface area (Å²) in [5, 5.41) is -0.575. The molecule has 0 radical (unpaired) electrons. The molecule has 0 saturated carbocycles. The van der Waals surface area contributed by atoms with Gasteiger partial charge in [0.1, 0.15) is 0 Å². The number of hydrogen-bond donors (Lipinski definition) is 0. The quantitative estimate of drug-likeness (QED) is 0.171. The van der Waals surface area contributed by atoms with E-state index in [9.17, 15) is 8.22 Å². The van der Waals surface area contributed by atoms with Gasteiger partial charge in [-0.2, -0.15) is 0 Å². The molecule has 0 atom stereocenters. The number of nitrogens with zero attached hydrogens (tertiary/aromatic N) is 4. The molecule has 51 heavy (non-hydrogen) atoms. The second kappa shape index (κ2) is 11.9. The molecule has 0 N–H and O–H groups in total. The summed E-state index contributed by atoms with van der Waals surface area (Å²) in [5.41, 5.74) is -3.69. The van der Waals surface area contributed by atoms with Crippen LogP contribution in [0.3, 0.4) is 0 Å². The first kappa shape index (κ1) is 14.5. The summed E-state index contributed by atoms with van der Waals surface area (Å²) in [4.78, 5) is 14.6. The van der Waals surface area contributed by atoms with Crippen LogP contribution >= 0.6 is 0 Å². The summed E-state index contributed by atoms with van der Waals surface area (Å²) in [6.45, 7) is 0. The Morgan fingerprint density at radius 2 is 1.22 bits per heavy atom. The zero-order chi connectivity index (χ0) is 52.9. The van der Waals surface area contributed by atoms with Gasteiger partial charge in [0.25, 0.3) is 0 Å². The minimum absolute atomic E-state index is 0.00291. The van der Waals surface area contributed by atoms with Crippen molar-refractivity contribution in [3.05, 3.63) is 182 Å². The number of para-hydroxylation sites is 3. The Morgan fingerprint density at radius 1 is 0.471 bits per heavy atom. The molecule has 4 nitrogen and oxygen atoms in total. The number of fused-ring (bicyclic) bond motifs is 8. The minimum atomic E-state index is -0.972. The predicted octanol–water partition coefficient (Wildman–Crippen LogP) is 12.4. The molecule has 0 unspecified atom stereocenters. The summed E-state index contributed by atoms with van der Waals surface area (Å²) in [5.74, 6) is 0. The molecule has 0 aliphatic heterocycles. The molecule has 4 heteroatoms. The Bertz CT molecular complexity index is 4080. The first-order valence-corrected chi connectivity index (χ1v) is 15.4. The van der Waals surface area contributed by atoms with Crippen LogP contribution in [-0.2, 0) is 0 Å². The third-order valence-electron chi connectivity index (χ3n) is 8.35. The largest absolute Gasteiger partial charge is 0.308 e. The lowest BCUT2D eigenvalue weighted by Gasteiger charge is -2.27. The minimum Gasteiger partial charge on any atom is -0.308 e. The maximum absolute atomic E-state index is 9.77. The highest BCUT2D eigenvalue weighted by Gasteiger charge is 2.21. The van der Waals surface area contributed by atoms with Gasteiger partial charge in [-0.15, -0.1) is 0 Å². The first-order valence-electron chi connectivity index (χ1n) is 26.4. The smallest absolute Gasteiger partial charge is 0.0972 e. The summed E-state index contributed by atoms with van der Waals surface area (Å²) in [7, 11) is 0. The van der Waals surface area contributed by atoms with Crippen LogP contribution in [0.1, 0.15) is 30.2 Å². The van der Waals surface area contributed by atoms with E-state index in [1.54, 1.807) is 12.1 Å². The molecule has 0 amide bonds. The van der Waals surface area contributed by atoms with Crippen molar-refractivity contribution in [3.8, 4) is 22.5 Å². The zero-order valence-corrected chi connectivity index (χ0v) is 25.9. The zero-order valence-electron chi connectivity index (χ0n) is 47.9. The topological polar surface area (TPSA) is 41.9 Å². The van der Waals surface area contributed by atoms with E-state index >= 15 is 0 Å². The molecule has 0 spiro atoms.